The monoisotopic (exact) mass is 290 g/mol. The lowest BCUT2D eigenvalue weighted by Crippen LogP contribution is -2.34. The SMILES string of the molecule is Cc1ncsc1C(=O)N(C)CC1CCn2ccnc2C1. The molecule has 0 radical (unpaired) electrons. The first-order chi connectivity index (χ1) is 9.65. The number of imidazole rings is 1. The fraction of sp³-hybridized carbons (Fsp3) is 0.500. The first kappa shape index (κ1) is 13.3. The zero-order valence-electron chi connectivity index (χ0n) is 11.7. The fourth-order valence-electron chi connectivity index (χ4n) is 2.72. The Morgan fingerprint density at radius 1 is 1.55 bits per heavy atom. The lowest BCUT2D eigenvalue weighted by atomic mass is 9.97. The number of rotatable bonds is 3. The van der Waals surface area contributed by atoms with E-state index in [-0.39, 0.29) is 5.91 Å². The molecule has 1 aliphatic rings. The number of aromatic nitrogens is 3. The quantitative estimate of drug-likeness (QED) is 0.868. The molecule has 0 fully saturated rings. The third kappa shape index (κ3) is 2.47. The largest absolute Gasteiger partial charge is 0.341 e. The lowest BCUT2D eigenvalue weighted by Gasteiger charge is -2.27. The number of hydrogen-bond acceptors (Lipinski definition) is 4. The van der Waals surface area contributed by atoms with Gasteiger partial charge in [-0.05, 0) is 19.3 Å². The van der Waals surface area contributed by atoms with Gasteiger partial charge < -0.3 is 9.47 Å². The summed E-state index contributed by atoms with van der Waals surface area (Å²) < 4.78 is 2.20. The second-order valence-corrected chi connectivity index (χ2v) is 6.20. The number of aryl methyl sites for hydroxylation is 2. The average molecular weight is 290 g/mol. The highest BCUT2D eigenvalue weighted by Gasteiger charge is 2.23. The highest BCUT2D eigenvalue weighted by Crippen LogP contribution is 2.21. The van der Waals surface area contributed by atoms with Gasteiger partial charge in [0.05, 0.1) is 11.2 Å². The van der Waals surface area contributed by atoms with E-state index < -0.39 is 0 Å². The molecule has 0 spiro atoms. The first-order valence-corrected chi connectivity index (χ1v) is 7.68. The molecule has 1 amide bonds. The van der Waals surface area contributed by atoms with Crippen LogP contribution in [-0.2, 0) is 13.0 Å². The summed E-state index contributed by atoms with van der Waals surface area (Å²) in [6.45, 7) is 3.67. The van der Waals surface area contributed by atoms with E-state index >= 15 is 0 Å². The fourth-order valence-corrected chi connectivity index (χ4v) is 3.52. The van der Waals surface area contributed by atoms with Gasteiger partial charge in [0.25, 0.3) is 5.91 Å². The smallest absolute Gasteiger partial charge is 0.265 e. The summed E-state index contributed by atoms with van der Waals surface area (Å²) in [5.41, 5.74) is 2.56. The molecule has 0 aromatic carbocycles. The molecule has 0 N–H and O–H groups in total. The molecular weight excluding hydrogens is 272 g/mol. The maximum absolute atomic E-state index is 12.4. The van der Waals surface area contributed by atoms with Crippen LogP contribution in [0.4, 0.5) is 0 Å². The van der Waals surface area contributed by atoms with Crippen LogP contribution in [0.2, 0.25) is 0 Å². The van der Waals surface area contributed by atoms with Gasteiger partial charge in [-0.3, -0.25) is 4.79 Å². The Morgan fingerprint density at radius 3 is 3.15 bits per heavy atom. The first-order valence-electron chi connectivity index (χ1n) is 6.80. The van der Waals surface area contributed by atoms with Gasteiger partial charge in [0.15, 0.2) is 0 Å². The summed E-state index contributed by atoms with van der Waals surface area (Å²) >= 11 is 1.42. The van der Waals surface area contributed by atoms with Crippen molar-refractivity contribution < 1.29 is 4.79 Å². The minimum atomic E-state index is 0.0823. The Kier molecular flexibility index (Phi) is 3.56. The molecule has 2 aromatic rings. The van der Waals surface area contributed by atoms with Gasteiger partial charge in [0.2, 0.25) is 0 Å². The van der Waals surface area contributed by atoms with Crippen molar-refractivity contribution in [3.63, 3.8) is 0 Å². The molecule has 106 valence electrons. The molecule has 2 aromatic heterocycles. The molecule has 1 aliphatic heterocycles. The van der Waals surface area contributed by atoms with Gasteiger partial charge >= 0.3 is 0 Å². The number of fused-ring (bicyclic) bond motifs is 1. The summed E-state index contributed by atoms with van der Waals surface area (Å²) in [6.07, 6.45) is 5.93. The van der Waals surface area contributed by atoms with E-state index in [4.69, 9.17) is 0 Å². The maximum Gasteiger partial charge on any atom is 0.265 e. The van der Waals surface area contributed by atoms with E-state index in [0.717, 1.165) is 42.3 Å². The zero-order valence-corrected chi connectivity index (χ0v) is 12.6. The van der Waals surface area contributed by atoms with Crippen LogP contribution in [0.15, 0.2) is 17.9 Å². The zero-order chi connectivity index (χ0) is 14.1. The van der Waals surface area contributed by atoms with Crippen LogP contribution in [0.3, 0.4) is 0 Å². The van der Waals surface area contributed by atoms with Crippen molar-refractivity contribution >= 4 is 17.2 Å². The number of carbonyl (C=O) groups excluding carboxylic acids is 1. The van der Waals surface area contributed by atoms with E-state index in [1.165, 1.54) is 11.3 Å². The van der Waals surface area contributed by atoms with Crippen LogP contribution in [0.5, 0.6) is 0 Å². The van der Waals surface area contributed by atoms with Crippen LogP contribution in [-0.4, -0.2) is 38.9 Å². The molecule has 5 nitrogen and oxygen atoms in total. The van der Waals surface area contributed by atoms with Gasteiger partial charge in [-0.15, -0.1) is 11.3 Å². The third-order valence-electron chi connectivity index (χ3n) is 3.87. The van der Waals surface area contributed by atoms with Crippen molar-refractivity contribution in [1.82, 2.24) is 19.4 Å². The summed E-state index contributed by atoms with van der Waals surface area (Å²) in [5.74, 6) is 1.71. The molecule has 3 heterocycles. The number of thiazole rings is 1. The number of amides is 1. The highest BCUT2D eigenvalue weighted by atomic mass is 32.1. The van der Waals surface area contributed by atoms with Gasteiger partial charge in [-0.25, -0.2) is 9.97 Å². The molecule has 0 aliphatic carbocycles. The number of hydrogen-bond donors (Lipinski definition) is 0. The molecule has 3 rings (SSSR count). The van der Waals surface area contributed by atoms with Crippen molar-refractivity contribution in [2.75, 3.05) is 13.6 Å². The Labute approximate surface area is 122 Å². The number of carbonyl (C=O) groups is 1. The number of nitrogens with zero attached hydrogens (tertiary/aromatic N) is 4. The van der Waals surface area contributed by atoms with Crippen LogP contribution in [0, 0.1) is 12.8 Å². The molecular formula is C14H18N4OS. The van der Waals surface area contributed by atoms with Crippen molar-refractivity contribution in [3.05, 3.63) is 34.3 Å². The topological polar surface area (TPSA) is 51.0 Å². The van der Waals surface area contributed by atoms with Gasteiger partial charge in [0.1, 0.15) is 10.7 Å². The highest BCUT2D eigenvalue weighted by molar-refractivity contribution is 7.11. The molecule has 1 atom stereocenters. The van der Waals surface area contributed by atoms with Crippen LogP contribution < -0.4 is 0 Å². The molecule has 0 bridgehead atoms. The summed E-state index contributed by atoms with van der Waals surface area (Å²) in [6, 6.07) is 0. The van der Waals surface area contributed by atoms with E-state index in [1.807, 2.05) is 31.3 Å². The van der Waals surface area contributed by atoms with Crippen LogP contribution in [0.25, 0.3) is 0 Å². The predicted molar refractivity (Wildman–Crippen MR) is 77.8 cm³/mol. The van der Waals surface area contributed by atoms with Crippen molar-refractivity contribution in [2.24, 2.45) is 5.92 Å². The Bertz CT molecular complexity index is 618. The maximum atomic E-state index is 12.4. The lowest BCUT2D eigenvalue weighted by molar-refractivity contribution is 0.0768. The summed E-state index contributed by atoms with van der Waals surface area (Å²) in [7, 11) is 1.88. The van der Waals surface area contributed by atoms with Crippen LogP contribution in [0.1, 0.15) is 27.6 Å². The summed E-state index contributed by atoms with van der Waals surface area (Å²) in [4.78, 5) is 23.5. The standard InChI is InChI=1S/C14H18N4OS/c1-10-13(20-9-16-10)14(19)17(2)8-11-3-5-18-6-4-15-12(18)7-11/h4,6,9,11H,3,5,7-8H2,1-2H3. The Balaban J connectivity index is 1.64. The van der Waals surface area contributed by atoms with Crippen molar-refractivity contribution in [2.45, 2.75) is 26.3 Å². The molecule has 0 saturated heterocycles. The second-order valence-electron chi connectivity index (χ2n) is 5.35. The van der Waals surface area contributed by atoms with Crippen LogP contribution >= 0.6 is 11.3 Å². The van der Waals surface area contributed by atoms with Gasteiger partial charge in [0, 0.05) is 39.0 Å². The van der Waals surface area contributed by atoms with E-state index in [1.54, 1.807) is 5.51 Å². The molecule has 1 unspecified atom stereocenters. The van der Waals surface area contributed by atoms with E-state index in [0.29, 0.717) is 5.92 Å². The third-order valence-corrected chi connectivity index (χ3v) is 4.79. The Morgan fingerprint density at radius 2 is 2.40 bits per heavy atom. The predicted octanol–water partition coefficient (Wildman–Crippen LogP) is 1.98. The van der Waals surface area contributed by atoms with Gasteiger partial charge in [-0.1, -0.05) is 0 Å². The molecule has 0 saturated carbocycles. The average Bonchev–Trinajstić information content (AvgIpc) is 3.05. The summed E-state index contributed by atoms with van der Waals surface area (Å²) in [5, 5.41) is 0. The minimum Gasteiger partial charge on any atom is -0.341 e. The second kappa shape index (κ2) is 5.36. The van der Waals surface area contributed by atoms with Gasteiger partial charge in [-0.2, -0.15) is 0 Å². The molecule has 20 heavy (non-hydrogen) atoms. The van der Waals surface area contributed by atoms with E-state index in [9.17, 15) is 4.79 Å². The van der Waals surface area contributed by atoms with E-state index in [2.05, 4.69) is 14.5 Å². The molecule has 6 heteroatoms. The minimum absolute atomic E-state index is 0.0823. The van der Waals surface area contributed by atoms with Crippen molar-refractivity contribution in [3.8, 4) is 0 Å². The Hall–Kier alpha value is -1.69. The normalized spacial score (nSPS) is 17.8. The van der Waals surface area contributed by atoms with Crippen molar-refractivity contribution in [1.29, 1.82) is 0 Å².